The third-order valence-electron chi connectivity index (χ3n) is 3.58. The lowest BCUT2D eigenvalue weighted by Gasteiger charge is -2.16. The third-order valence-corrected chi connectivity index (χ3v) is 4.73. The van der Waals surface area contributed by atoms with Crippen molar-refractivity contribution in [2.75, 3.05) is 5.32 Å². The molecule has 0 fully saturated rings. The molecule has 0 aliphatic heterocycles. The number of aryl methyl sites for hydroxylation is 1. The summed E-state index contributed by atoms with van der Waals surface area (Å²) in [7, 11) is 0. The van der Waals surface area contributed by atoms with Crippen LogP contribution in [0, 0.1) is 23.7 Å². The number of nitriles is 1. The second kappa shape index (κ2) is 7.49. The number of nitrogens with zero attached hydrogens (tertiary/aromatic N) is 1. The molecule has 6 heteroatoms. The molecule has 0 spiro atoms. The Balaban J connectivity index is 2.02. The van der Waals surface area contributed by atoms with E-state index in [0.717, 1.165) is 11.1 Å². The average molecular weight is 355 g/mol. The van der Waals surface area contributed by atoms with Crippen molar-refractivity contribution >= 4 is 28.2 Å². The van der Waals surface area contributed by atoms with Gasteiger partial charge in [-0.25, -0.2) is 0 Å². The molecule has 0 aliphatic carbocycles. The molecule has 1 heterocycles. The van der Waals surface area contributed by atoms with E-state index in [-0.39, 0.29) is 11.8 Å². The van der Waals surface area contributed by atoms with Crippen LogP contribution >= 0.6 is 11.3 Å². The standard InChI is InChI=1S/C19H21N3O2S/c1-12-9-15(22-18(24)19(2,3)4)25-16(12)17(23)21-11-14-7-5-13(10-20)6-8-14/h5-9H,11H2,1-4H3,(H,21,23)(H,22,24). The van der Waals surface area contributed by atoms with Gasteiger partial charge in [-0.1, -0.05) is 32.9 Å². The maximum absolute atomic E-state index is 12.4. The molecular formula is C19H21N3O2S. The SMILES string of the molecule is Cc1cc(NC(=O)C(C)(C)C)sc1C(=O)NCc1ccc(C#N)cc1. The maximum atomic E-state index is 12.4. The van der Waals surface area contributed by atoms with Crippen LogP contribution in [-0.4, -0.2) is 11.8 Å². The summed E-state index contributed by atoms with van der Waals surface area (Å²) in [5.41, 5.74) is 1.84. The molecule has 0 aliphatic rings. The first kappa shape index (κ1) is 18.7. The van der Waals surface area contributed by atoms with Gasteiger partial charge in [-0.3, -0.25) is 9.59 Å². The summed E-state index contributed by atoms with van der Waals surface area (Å²) >= 11 is 1.27. The number of nitrogens with one attached hydrogen (secondary N) is 2. The van der Waals surface area contributed by atoms with Crippen LogP contribution in [0.4, 0.5) is 5.00 Å². The number of hydrogen-bond donors (Lipinski definition) is 2. The van der Waals surface area contributed by atoms with Crippen LogP contribution in [0.5, 0.6) is 0 Å². The highest BCUT2D eigenvalue weighted by atomic mass is 32.1. The van der Waals surface area contributed by atoms with E-state index in [1.807, 2.05) is 45.9 Å². The minimum absolute atomic E-state index is 0.0849. The number of rotatable bonds is 4. The number of benzene rings is 1. The van der Waals surface area contributed by atoms with Gasteiger partial charge in [0.05, 0.1) is 21.5 Å². The van der Waals surface area contributed by atoms with Crippen molar-refractivity contribution in [1.29, 1.82) is 5.26 Å². The molecule has 25 heavy (non-hydrogen) atoms. The van der Waals surface area contributed by atoms with Crippen LogP contribution in [0.2, 0.25) is 0 Å². The number of anilines is 1. The normalized spacial score (nSPS) is 10.8. The molecule has 5 nitrogen and oxygen atoms in total. The van der Waals surface area contributed by atoms with Crippen molar-refractivity contribution in [1.82, 2.24) is 5.32 Å². The fourth-order valence-corrected chi connectivity index (χ4v) is 3.01. The summed E-state index contributed by atoms with van der Waals surface area (Å²) < 4.78 is 0. The highest BCUT2D eigenvalue weighted by Gasteiger charge is 2.23. The summed E-state index contributed by atoms with van der Waals surface area (Å²) in [6, 6.07) is 10.9. The minimum atomic E-state index is -0.490. The van der Waals surface area contributed by atoms with E-state index in [9.17, 15) is 9.59 Å². The van der Waals surface area contributed by atoms with Crippen molar-refractivity contribution in [2.24, 2.45) is 5.41 Å². The van der Waals surface area contributed by atoms with Gasteiger partial charge < -0.3 is 10.6 Å². The Kier molecular flexibility index (Phi) is 5.60. The molecule has 130 valence electrons. The molecule has 1 aromatic carbocycles. The van der Waals surface area contributed by atoms with Crippen LogP contribution in [0.15, 0.2) is 30.3 Å². The first-order chi connectivity index (χ1) is 11.7. The molecule has 0 saturated heterocycles. The maximum Gasteiger partial charge on any atom is 0.261 e. The van der Waals surface area contributed by atoms with Gasteiger partial charge in [0.25, 0.3) is 5.91 Å². The molecule has 1 aromatic heterocycles. The number of hydrogen-bond acceptors (Lipinski definition) is 4. The number of carbonyl (C=O) groups is 2. The van der Waals surface area contributed by atoms with Crippen molar-refractivity contribution in [3.8, 4) is 6.07 Å². The molecule has 2 aromatic rings. The van der Waals surface area contributed by atoms with Crippen molar-refractivity contribution in [3.63, 3.8) is 0 Å². The zero-order valence-corrected chi connectivity index (χ0v) is 15.6. The van der Waals surface area contributed by atoms with Gasteiger partial charge in [0.2, 0.25) is 5.91 Å². The van der Waals surface area contributed by atoms with Crippen LogP contribution < -0.4 is 10.6 Å². The molecule has 0 atom stereocenters. The Morgan fingerprint density at radius 2 is 1.84 bits per heavy atom. The Morgan fingerprint density at radius 1 is 1.20 bits per heavy atom. The molecule has 0 saturated carbocycles. The molecular weight excluding hydrogens is 334 g/mol. The largest absolute Gasteiger partial charge is 0.347 e. The predicted octanol–water partition coefficient (Wildman–Crippen LogP) is 3.84. The van der Waals surface area contributed by atoms with Gasteiger partial charge in [0.1, 0.15) is 0 Å². The van der Waals surface area contributed by atoms with Crippen molar-refractivity contribution in [2.45, 2.75) is 34.2 Å². The fourth-order valence-electron chi connectivity index (χ4n) is 2.03. The van der Waals surface area contributed by atoms with Gasteiger partial charge in [0.15, 0.2) is 0 Å². The molecule has 2 rings (SSSR count). The van der Waals surface area contributed by atoms with E-state index in [1.54, 1.807) is 12.1 Å². The zero-order chi connectivity index (χ0) is 18.6. The Hall–Kier alpha value is -2.65. The lowest BCUT2D eigenvalue weighted by molar-refractivity contribution is -0.123. The monoisotopic (exact) mass is 355 g/mol. The average Bonchev–Trinajstić information content (AvgIpc) is 2.92. The third kappa shape index (κ3) is 4.91. The van der Waals surface area contributed by atoms with E-state index >= 15 is 0 Å². The number of amides is 2. The van der Waals surface area contributed by atoms with Crippen molar-refractivity contribution in [3.05, 3.63) is 51.9 Å². The Bertz CT molecular complexity index is 824. The highest BCUT2D eigenvalue weighted by Crippen LogP contribution is 2.28. The van der Waals surface area contributed by atoms with Crippen LogP contribution in [0.25, 0.3) is 0 Å². The highest BCUT2D eigenvalue weighted by molar-refractivity contribution is 7.18. The number of thiophene rings is 1. The van der Waals surface area contributed by atoms with Crippen LogP contribution in [0.1, 0.15) is 47.1 Å². The van der Waals surface area contributed by atoms with E-state index in [4.69, 9.17) is 5.26 Å². The first-order valence-electron chi connectivity index (χ1n) is 7.90. The summed E-state index contributed by atoms with van der Waals surface area (Å²) in [5, 5.41) is 15.2. The van der Waals surface area contributed by atoms with Gasteiger partial charge in [0, 0.05) is 12.0 Å². The lowest BCUT2D eigenvalue weighted by atomic mass is 9.96. The summed E-state index contributed by atoms with van der Waals surface area (Å²) in [5.74, 6) is -0.263. The predicted molar refractivity (Wildman–Crippen MR) is 99.5 cm³/mol. The van der Waals surface area contributed by atoms with E-state index < -0.39 is 5.41 Å². The van der Waals surface area contributed by atoms with Crippen LogP contribution in [0.3, 0.4) is 0 Å². The molecule has 0 unspecified atom stereocenters. The molecule has 2 N–H and O–H groups in total. The summed E-state index contributed by atoms with van der Waals surface area (Å²) in [6.07, 6.45) is 0. The second-order valence-electron chi connectivity index (χ2n) is 6.82. The zero-order valence-electron chi connectivity index (χ0n) is 14.8. The minimum Gasteiger partial charge on any atom is -0.347 e. The summed E-state index contributed by atoms with van der Waals surface area (Å²) in [6.45, 7) is 7.75. The van der Waals surface area contributed by atoms with Gasteiger partial charge in [-0.2, -0.15) is 5.26 Å². The topological polar surface area (TPSA) is 82.0 Å². The molecule has 2 amide bonds. The second-order valence-corrected chi connectivity index (χ2v) is 7.87. The quantitative estimate of drug-likeness (QED) is 0.874. The van der Waals surface area contributed by atoms with Gasteiger partial charge in [-0.15, -0.1) is 11.3 Å². The Morgan fingerprint density at radius 3 is 2.40 bits per heavy atom. The van der Waals surface area contributed by atoms with E-state index in [2.05, 4.69) is 16.7 Å². The summed E-state index contributed by atoms with van der Waals surface area (Å²) in [4.78, 5) is 25.0. The first-order valence-corrected chi connectivity index (χ1v) is 8.71. The molecule has 0 radical (unpaired) electrons. The van der Waals surface area contributed by atoms with Gasteiger partial charge >= 0.3 is 0 Å². The van der Waals surface area contributed by atoms with Gasteiger partial charge in [-0.05, 0) is 36.2 Å². The van der Waals surface area contributed by atoms with E-state index in [1.165, 1.54) is 11.3 Å². The smallest absolute Gasteiger partial charge is 0.261 e. The van der Waals surface area contributed by atoms with E-state index in [0.29, 0.717) is 22.0 Å². The Labute approximate surface area is 151 Å². The molecule has 0 bridgehead atoms. The van der Waals surface area contributed by atoms with Crippen LogP contribution in [-0.2, 0) is 11.3 Å². The lowest BCUT2D eigenvalue weighted by Crippen LogP contribution is -2.27. The number of carbonyl (C=O) groups excluding carboxylic acids is 2. The fraction of sp³-hybridized carbons (Fsp3) is 0.316. The van der Waals surface area contributed by atoms with Crippen molar-refractivity contribution < 1.29 is 9.59 Å².